The monoisotopic (exact) mass is 642 g/mol. The Hall–Kier alpha value is -6.16. The first-order valence-electron chi connectivity index (χ1n) is 16.7. The number of para-hydroxylation sites is 3. The molecule has 49 heavy (non-hydrogen) atoms. The van der Waals surface area contributed by atoms with Crippen molar-refractivity contribution in [3.8, 4) is 16.8 Å². The summed E-state index contributed by atoms with van der Waals surface area (Å²) in [6, 6.07) is 66.1. The van der Waals surface area contributed by atoms with Crippen LogP contribution in [0.1, 0.15) is 0 Å². The molecule has 0 saturated carbocycles. The van der Waals surface area contributed by atoms with Gasteiger partial charge in [0.1, 0.15) is 0 Å². The zero-order valence-corrected chi connectivity index (χ0v) is 27.4. The minimum atomic E-state index is 1.12. The fourth-order valence-corrected chi connectivity index (χ4v) is 8.89. The van der Waals surface area contributed by atoms with Crippen molar-refractivity contribution >= 4 is 81.1 Å². The van der Waals surface area contributed by atoms with Gasteiger partial charge < -0.3 is 9.47 Å². The van der Waals surface area contributed by atoms with E-state index in [2.05, 4.69) is 191 Å². The van der Waals surface area contributed by atoms with E-state index in [9.17, 15) is 0 Å². The quantitative estimate of drug-likeness (QED) is 0.181. The Kier molecular flexibility index (Phi) is 6.39. The molecule has 0 amide bonds. The van der Waals surface area contributed by atoms with Crippen molar-refractivity contribution in [1.29, 1.82) is 0 Å². The molecule has 0 spiro atoms. The van der Waals surface area contributed by atoms with Gasteiger partial charge in [-0.15, -0.1) is 11.3 Å². The Morgan fingerprint density at radius 1 is 0.388 bits per heavy atom. The first-order valence-corrected chi connectivity index (χ1v) is 17.5. The van der Waals surface area contributed by atoms with E-state index >= 15 is 0 Å². The minimum Gasteiger partial charge on any atom is -0.307 e. The van der Waals surface area contributed by atoms with Crippen LogP contribution in [0.25, 0.3) is 69.6 Å². The Morgan fingerprint density at radius 3 is 1.82 bits per heavy atom. The summed E-state index contributed by atoms with van der Waals surface area (Å²) < 4.78 is 5.04. The number of aromatic nitrogens is 1. The van der Waals surface area contributed by atoms with E-state index in [1.807, 2.05) is 11.3 Å². The van der Waals surface area contributed by atoms with Crippen LogP contribution in [0.2, 0.25) is 0 Å². The van der Waals surface area contributed by atoms with Gasteiger partial charge in [-0.2, -0.15) is 0 Å². The predicted octanol–water partition coefficient (Wildman–Crippen LogP) is 13.4. The molecule has 10 aromatic rings. The number of fused-ring (bicyclic) bond motifs is 8. The summed E-state index contributed by atoms with van der Waals surface area (Å²) in [5, 5.41) is 7.64. The van der Waals surface area contributed by atoms with Crippen LogP contribution in [-0.2, 0) is 0 Å². The van der Waals surface area contributed by atoms with Crippen molar-refractivity contribution in [1.82, 2.24) is 4.57 Å². The number of nitrogens with zero attached hydrogens (tertiary/aromatic N) is 2. The smallest absolute Gasteiger partial charge is 0.0782 e. The van der Waals surface area contributed by atoms with Crippen molar-refractivity contribution in [2.45, 2.75) is 0 Å². The largest absolute Gasteiger partial charge is 0.307 e. The summed E-state index contributed by atoms with van der Waals surface area (Å²) in [6.07, 6.45) is 0. The summed E-state index contributed by atoms with van der Waals surface area (Å²) >= 11 is 1.90. The average molecular weight is 643 g/mol. The predicted molar refractivity (Wildman–Crippen MR) is 211 cm³/mol. The molecule has 0 unspecified atom stereocenters. The Labute approximate surface area is 288 Å². The topological polar surface area (TPSA) is 8.17 Å². The fourth-order valence-electron chi connectivity index (χ4n) is 7.56. The second-order valence-corrected chi connectivity index (χ2v) is 13.5. The third-order valence-corrected chi connectivity index (χ3v) is 11.0. The maximum absolute atomic E-state index is 2.48. The number of hydrogen-bond donors (Lipinski definition) is 0. The van der Waals surface area contributed by atoms with E-state index in [4.69, 9.17) is 0 Å². The van der Waals surface area contributed by atoms with Crippen molar-refractivity contribution in [2.24, 2.45) is 0 Å². The number of rotatable bonds is 5. The fraction of sp³-hybridized carbons (Fsp3) is 0. The van der Waals surface area contributed by atoms with E-state index in [0.29, 0.717) is 0 Å². The molecule has 0 aliphatic rings. The minimum absolute atomic E-state index is 1.12. The number of thiophene rings is 1. The Bertz CT molecular complexity index is 2810. The highest BCUT2D eigenvalue weighted by molar-refractivity contribution is 7.27. The van der Waals surface area contributed by atoms with Gasteiger partial charge in [0.05, 0.1) is 27.1 Å². The molecule has 0 radical (unpaired) electrons. The van der Waals surface area contributed by atoms with Crippen LogP contribution in [0, 0.1) is 0 Å². The lowest BCUT2D eigenvalue weighted by Crippen LogP contribution is -2.12. The van der Waals surface area contributed by atoms with E-state index < -0.39 is 0 Å². The van der Waals surface area contributed by atoms with E-state index in [1.54, 1.807) is 0 Å². The standard InChI is InChI=1S/C46H30N2S/c1-3-13-31(14-4-1)32-25-28-35(29-26-32)47(43-24-12-21-39-40-30-27-33-15-7-8-18-36(33)45(40)49-46(39)43)42-23-11-20-38-37-19-9-10-22-41(37)48(44(38)42)34-16-5-2-6-17-34/h1-30H. The van der Waals surface area contributed by atoms with Gasteiger partial charge in [0, 0.05) is 37.6 Å². The Morgan fingerprint density at radius 2 is 1.00 bits per heavy atom. The molecule has 0 N–H and O–H groups in total. The van der Waals surface area contributed by atoms with Gasteiger partial charge in [-0.25, -0.2) is 0 Å². The van der Waals surface area contributed by atoms with E-state index in [0.717, 1.165) is 17.1 Å². The van der Waals surface area contributed by atoms with E-state index in [1.165, 1.54) is 69.6 Å². The van der Waals surface area contributed by atoms with Crippen molar-refractivity contribution in [3.05, 3.63) is 182 Å². The van der Waals surface area contributed by atoms with Crippen molar-refractivity contribution in [3.63, 3.8) is 0 Å². The summed E-state index contributed by atoms with van der Waals surface area (Å²) in [5.74, 6) is 0. The molecule has 0 atom stereocenters. The van der Waals surface area contributed by atoms with Crippen LogP contribution in [-0.4, -0.2) is 4.57 Å². The molecular formula is C46H30N2S. The van der Waals surface area contributed by atoms with Crippen molar-refractivity contribution in [2.75, 3.05) is 4.90 Å². The summed E-state index contributed by atoms with van der Waals surface area (Å²) in [7, 11) is 0. The third kappa shape index (κ3) is 4.40. The maximum Gasteiger partial charge on any atom is 0.0782 e. The third-order valence-electron chi connectivity index (χ3n) is 9.77. The van der Waals surface area contributed by atoms with Crippen LogP contribution in [0.4, 0.5) is 17.1 Å². The van der Waals surface area contributed by atoms with Crippen LogP contribution in [0.3, 0.4) is 0 Å². The lowest BCUT2D eigenvalue weighted by Gasteiger charge is -2.28. The van der Waals surface area contributed by atoms with Crippen molar-refractivity contribution < 1.29 is 0 Å². The van der Waals surface area contributed by atoms with Gasteiger partial charge in [0.25, 0.3) is 0 Å². The molecule has 8 aromatic carbocycles. The second-order valence-electron chi connectivity index (χ2n) is 12.5. The number of benzene rings is 8. The molecule has 0 aliphatic heterocycles. The average Bonchev–Trinajstić information content (AvgIpc) is 3.73. The molecule has 0 saturated heterocycles. The van der Waals surface area contributed by atoms with Gasteiger partial charge >= 0.3 is 0 Å². The maximum atomic E-state index is 2.48. The lowest BCUT2D eigenvalue weighted by molar-refractivity contribution is 1.17. The van der Waals surface area contributed by atoms with Gasteiger partial charge in [0.15, 0.2) is 0 Å². The summed E-state index contributed by atoms with van der Waals surface area (Å²) in [6.45, 7) is 0. The first kappa shape index (κ1) is 27.9. The van der Waals surface area contributed by atoms with Gasteiger partial charge in [-0.05, 0) is 64.4 Å². The highest BCUT2D eigenvalue weighted by atomic mass is 32.1. The zero-order valence-electron chi connectivity index (χ0n) is 26.6. The highest BCUT2D eigenvalue weighted by Crippen LogP contribution is 2.49. The second kappa shape index (κ2) is 11.2. The molecule has 2 nitrogen and oxygen atoms in total. The molecule has 2 heterocycles. The van der Waals surface area contributed by atoms with Crippen LogP contribution >= 0.6 is 11.3 Å². The molecule has 10 rings (SSSR count). The van der Waals surface area contributed by atoms with Crippen LogP contribution in [0.15, 0.2) is 182 Å². The number of anilines is 3. The molecular weight excluding hydrogens is 613 g/mol. The first-order chi connectivity index (χ1) is 24.3. The van der Waals surface area contributed by atoms with Crippen LogP contribution in [0.5, 0.6) is 0 Å². The molecule has 0 aliphatic carbocycles. The zero-order chi connectivity index (χ0) is 32.3. The van der Waals surface area contributed by atoms with Gasteiger partial charge in [0.2, 0.25) is 0 Å². The molecule has 2 aromatic heterocycles. The molecule has 3 heteroatoms. The number of hydrogen-bond acceptors (Lipinski definition) is 2. The highest BCUT2D eigenvalue weighted by Gasteiger charge is 2.24. The van der Waals surface area contributed by atoms with Gasteiger partial charge in [-0.1, -0.05) is 140 Å². The van der Waals surface area contributed by atoms with Gasteiger partial charge in [-0.3, -0.25) is 0 Å². The summed E-state index contributed by atoms with van der Waals surface area (Å²) in [5.41, 5.74) is 9.37. The van der Waals surface area contributed by atoms with Crippen LogP contribution < -0.4 is 4.90 Å². The SMILES string of the molecule is c1ccc(-c2ccc(N(c3cccc4c3sc3c5ccccc5ccc43)c3cccc4c5ccccc5n(-c5ccccc5)c34)cc2)cc1. The normalized spacial score (nSPS) is 11.7. The molecule has 230 valence electrons. The molecule has 0 fully saturated rings. The lowest BCUT2D eigenvalue weighted by atomic mass is 10.0. The summed E-state index contributed by atoms with van der Waals surface area (Å²) in [4.78, 5) is 2.48. The Balaban J connectivity index is 1.30. The molecule has 0 bridgehead atoms. The van der Waals surface area contributed by atoms with E-state index in [-0.39, 0.29) is 0 Å².